The maximum Gasteiger partial charge on any atom is 0.235 e. The van der Waals surface area contributed by atoms with Crippen LogP contribution in [0.5, 0.6) is 0 Å². The Labute approximate surface area is 127 Å². The van der Waals surface area contributed by atoms with Gasteiger partial charge in [0.1, 0.15) is 0 Å². The fourth-order valence-electron chi connectivity index (χ4n) is 1.79. The van der Waals surface area contributed by atoms with Crippen LogP contribution in [0.2, 0.25) is 10.0 Å². The molecule has 2 rings (SSSR count). The largest absolute Gasteiger partial charge is 0.285 e. The quantitative estimate of drug-likeness (QED) is 0.609. The smallest absolute Gasteiger partial charge is 0.235 e. The predicted octanol–water partition coefficient (Wildman–Crippen LogP) is 4.68. The third kappa shape index (κ3) is 2.92. The summed E-state index contributed by atoms with van der Waals surface area (Å²) in [6.07, 6.45) is 0. The molecule has 102 valence electrons. The van der Waals surface area contributed by atoms with Gasteiger partial charge in [0.25, 0.3) is 0 Å². The molecule has 0 bridgehead atoms. The number of rotatable bonds is 3. The molecule has 0 atom stereocenters. The van der Waals surface area contributed by atoms with Crippen LogP contribution in [0.1, 0.15) is 31.8 Å². The Bertz CT molecular complexity index is 706. The molecule has 2 aromatic carbocycles. The third-order valence-corrected chi connectivity index (χ3v) is 3.73. The molecule has 0 saturated carbocycles. The van der Waals surface area contributed by atoms with Crippen molar-refractivity contribution in [1.82, 2.24) is 0 Å². The van der Waals surface area contributed by atoms with E-state index in [9.17, 15) is 9.59 Å². The van der Waals surface area contributed by atoms with Crippen LogP contribution in [0.3, 0.4) is 0 Å². The van der Waals surface area contributed by atoms with Crippen molar-refractivity contribution in [2.24, 2.45) is 0 Å². The molecule has 0 aliphatic carbocycles. The van der Waals surface area contributed by atoms with E-state index in [1.165, 1.54) is 6.07 Å². The van der Waals surface area contributed by atoms with Crippen LogP contribution in [-0.2, 0) is 0 Å². The number of hydrogen-bond donors (Lipinski definition) is 0. The Hall–Kier alpha value is -1.64. The fraction of sp³-hybridized carbons (Fsp3) is 0.125. The molecule has 0 radical (unpaired) electrons. The van der Waals surface area contributed by atoms with Gasteiger partial charge in [0.05, 0.1) is 5.02 Å². The van der Waals surface area contributed by atoms with Gasteiger partial charge in [-0.15, -0.1) is 0 Å². The Morgan fingerprint density at radius 3 is 2.15 bits per heavy atom. The maximum absolute atomic E-state index is 12.2. The second-order valence-corrected chi connectivity index (χ2v) is 5.42. The lowest BCUT2D eigenvalue weighted by molar-refractivity contribution is 0.0817. The first-order valence-corrected chi connectivity index (χ1v) is 6.77. The van der Waals surface area contributed by atoms with E-state index in [1.807, 2.05) is 13.8 Å². The highest BCUT2D eigenvalue weighted by molar-refractivity contribution is 6.52. The number of hydrogen-bond acceptors (Lipinski definition) is 2. The summed E-state index contributed by atoms with van der Waals surface area (Å²) in [5.74, 6) is -1.24. The molecule has 0 amide bonds. The molecular formula is C16H12Cl2O2. The molecule has 4 heteroatoms. The summed E-state index contributed by atoms with van der Waals surface area (Å²) in [6.45, 7) is 3.69. The number of benzene rings is 2. The van der Waals surface area contributed by atoms with Gasteiger partial charge in [-0.25, -0.2) is 0 Å². The molecule has 0 aliphatic rings. The zero-order chi connectivity index (χ0) is 14.9. The number of carbonyl (C=O) groups is 2. The van der Waals surface area contributed by atoms with E-state index in [0.717, 1.165) is 11.1 Å². The van der Waals surface area contributed by atoms with Crippen molar-refractivity contribution < 1.29 is 9.59 Å². The molecule has 0 fully saturated rings. The summed E-state index contributed by atoms with van der Waals surface area (Å²) >= 11 is 12.0. The SMILES string of the molecule is Cc1ccc(C(=O)C(=O)c2ccc(C)c(Cl)c2)c(Cl)c1. The zero-order valence-corrected chi connectivity index (χ0v) is 12.5. The minimum Gasteiger partial charge on any atom is -0.285 e. The minimum absolute atomic E-state index is 0.207. The minimum atomic E-state index is -0.630. The third-order valence-electron chi connectivity index (χ3n) is 3.01. The average Bonchev–Trinajstić information content (AvgIpc) is 2.40. The highest BCUT2D eigenvalue weighted by Gasteiger charge is 2.21. The molecule has 0 heterocycles. The Morgan fingerprint density at radius 1 is 0.850 bits per heavy atom. The summed E-state index contributed by atoms with van der Waals surface area (Å²) in [5, 5.41) is 0.736. The van der Waals surface area contributed by atoms with Crippen LogP contribution in [0.25, 0.3) is 0 Å². The lowest BCUT2D eigenvalue weighted by Gasteiger charge is -2.05. The van der Waals surface area contributed by atoms with Crippen molar-refractivity contribution in [3.05, 3.63) is 68.7 Å². The van der Waals surface area contributed by atoms with E-state index >= 15 is 0 Å². The first-order valence-electron chi connectivity index (χ1n) is 6.01. The van der Waals surface area contributed by atoms with Gasteiger partial charge in [0, 0.05) is 16.1 Å². The standard InChI is InChI=1S/C16H12Cl2O2/c1-9-3-6-12(14(18)7-9)16(20)15(19)11-5-4-10(2)13(17)8-11/h3-8H,1-2H3. The molecule has 0 unspecified atom stereocenters. The summed E-state index contributed by atoms with van der Waals surface area (Å²) in [7, 11) is 0. The van der Waals surface area contributed by atoms with Crippen LogP contribution in [0, 0.1) is 13.8 Å². The van der Waals surface area contributed by atoms with Gasteiger partial charge in [-0.1, -0.05) is 41.4 Å². The van der Waals surface area contributed by atoms with Crippen LogP contribution < -0.4 is 0 Å². The van der Waals surface area contributed by atoms with Crippen molar-refractivity contribution >= 4 is 34.8 Å². The van der Waals surface area contributed by atoms with E-state index < -0.39 is 11.6 Å². The first-order chi connectivity index (χ1) is 9.40. The van der Waals surface area contributed by atoms with Gasteiger partial charge in [-0.05, 0) is 43.2 Å². The van der Waals surface area contributed by atoms with Crippen molar-refractivity contribution in [3.63, 3.8) is 0 Å². The summed E-state index contributed by atoms with van der Waals surface area (Å²) in [4.78, 5) is 24.4. The zero-order valence-electron chi connectivity index (χ0n) is 11.0. The predicted molar refractivity (Wildman–Crippen MR) is 81.0 cm³/mol. The van der Waals surface area contributed by atoms with Gasteiger partial charge in [-0.3, -0.25) is 9.59 Å². The summed E-state index contributed by atoms with van der Waals surface area (Å²) in [6, 6.07) is 9.76. The van der Waals surface area contributed by atoms with Crippen LogP contribution in [0.15, 0.2) is 36.4 Å². The number of ketones is 2. The molecule has 0 aliphatic heterocycles. The number of Topliss-reactive ketones (excluding diaryl/α,β-unsaturated/α-hetero) is 2. The van der Waals surface area contributed by atoms with E-state index in [-0.39, 0.29) is 16.1 Å². The van der Waals surface area contributed by atoms with Crippen molar-refractivity contribution in [1.29, 1.82) is 0 Å². The van der Waals surface area contributed by atoms with E-state index in [2.05, 4.69) is 0 Å². The first kappa shape index (κ1) is 14.8. The van der Waals surface area contributed by atoms with Gasteiger partial charge in [0.15, 0.2) is 0 Å². The summed E-state index contributed by atoms with van der Waals surface area (Å²) < 4.78 is 0. The van der Waals surface area contributed by atoms with Gasteiger partial charge in [-0.2, -0.15) is 0 Å². The lowest BCUT2D eigenvalue weighted by atomic mass is 10.00. The number of carbonyl (C=O) groups excluding carboxylic acids is 2. The summed E-state index contributed by atoms with van der Waals surface area (Å²) in [5.41, 5.74) is 2.25. The van der Waals surface area contributed by atoms with E-state index in [1.54, 1.807) is 30.3 Å². The van der Waals surface area contributed by atoms with Crippen molar-refractivity contribution in [2.75, 3.05) is 0 Å². The normalized spacial score (nSPS) is 10.4. The van der Waals surface area contributed by atoms with Crippen LogP contribution in [-0.4, -0.2) is 11.6 Å². The molecule has 20 heavy (non-hydrogen) atoms. The van der Waals surface area contributed by atoms with E-state index in [0.29, 0.717) is 5.02 Å². The fourth-order valence-corrected chi connectivity index (χ4v) is 2.29. The number of halogens is 2. The Morgan fingerprint density at radius 2 is 1.55 bits per heavy atom. The van der Waals surface area contributed by atoms with Crippen LogP contribution >= 0.6 is 23.2 Å². The highest BCUT2D eigenvalue weighted by atomic mass is 35.5. The molecular weight excluding hydrogens is 295 g/mol. The van der Waals surface area contributed by atoms with Crippen molar-refractivity contribution in [3.8, 4) is 0 Å². The second kappa shape index (κ2) is 5.78. The average molecular weight is 307 g/mol. The topological polar surface area (TPSA) is 34.1 Å². The molecule has 0 spiro atoms. The van der Waals surface area contributed by atoms with E-state index in [4.69, 9.17) is 23.2 Å². The number of aryl methyl sites for hydroxylation is 2. The second-order valence-electron chi connectivity index (χ2n) is 4.61. The highest BCUT2D eigenvalue weighted by Crippen LogP contribution is 2.22. The molecule has 2 aromatic rings. The monoisotopic (exact) mass is 306 g/mol. The molecule has 0 aromatic heterocycles. The Kier molecular flexibility index (Phi) is 4.26. The van der Waals surface area contributed by atoms with Gasteiger partial charge >= 0.3 is 0 Å². The van der Waals surface area contributed by atoms with Crippen LogP contribution in [0.4, 0.5) is 0 Å². The molecule has 0 N–H and O–H groups in total. The molecule has 0 saturated heterocycles. The van der Waals surface area contributed by atoms with Crippen molar-refractivity contribution in [2.45, 2.75) is 13.8 Å². The Balaban J connectivity index is 2.37. The van der Waals surface area contributed by atoms with Gasteiger partial charge < -0.3 is 0 Å². The lowest BCUT2D eigenvalue weighted by Crippen LogP contribution is -2.15. The maximum atomic E-state index is 12.2. The van der Waals surface area contributed by atoms with Gasteiger partial charge in [0.2, 0.25) is 11.6 Å². The molecule has 2 nitrogen and oxygen atoms in total.